The van der Waals surface area contributed by atoms with E-state index >= 15 is 0 Å². The van der Waals surface area contributed by atoms with Gasteiger partial charge in [0.25, 0.3) is 0 Å². The van der Waals surface area contributed by atoms with E-state index < -0.39 is 12.3 Å². The molecule has 0 saturated heterocycles. The Morgan fingerprint density at radius 3 is 2.63 bits per heavy atom. The van der Waals surface area contributed by atoms with Crippen molar-refractivity contribution in [2.45, 2.75) is 18.9 Å². The number of hydrogen-bond acceptors (Lipinski definition) is 7. The fraction of sp³-hybridized carbons (Fsp3) is 0.227. The number of rotatable bonds is 6. The van der Waals surface area contributed by atoms with Crippen LogP contribution < -0.4 is 5.73 Å². The number of aromatic nitrogens is 4. The first kappa shape index (κ1) is 20.1. The molecule has 30 heavy (non-hydrogen) atoms. The second-order valence-electron chi connectivity index (χ2n) is 7.33. The Hall–Kier alpha value is -3.17. The number of hydrogen-bond donors (Lipinski definition) is 3. The van der Waals surface area contributed by atoms with Gasteiger partial charge in [-0.3, -0.25) is 9.88 Å². The summed E-state index contributed by atoms with van der Waals surface area (Å²) < 4.78 is 1.74. The minimum atomic E-state index is -0.832. The minimum Gasteiger partial charge on any atom is -0.390 e. The van der Waals surface area contributed by atoms with Crippen molar-refractivity contribution in [2.75, 3.05) is 14.1 Å². The Balaban J connectivity index is 1.75. The van der Waals surface area contributed by atoms with Crippen molar-refractivity contribution in [3.63, 3.8) is 0 Å². The van der Waals surface area contributed by atoms with E-state index in [1.165, 1.54) is 0 Å². The molecule has 8 nitrogen and oxygen atoms in total. The number of nitrogens with two attached hydrogens (primary N) is 1. The third-order valence-corrected chi connectivity index (χ3v) is 5.00. The molecule has 0 aliphatic heterocycles. The molecule has 0 aliphatic rings. The molecule has 3 aromatic heterocycles. The van der Waals surface area contributed by atoms with Gasteiger partial charge in [-0.05, 0) is 44.4 Å². The van der Waals surface area contributed by atoms with Crippen molar-refractivity contribution in [3.8, 4) is 17.1 Å². The van der Waals surface area contributed by atoms with Gasteiger partial charge >= 0.3 is 0 Å². The predicted molar refractivity (Wildman–Crippen MR) is 115 cm³/mol. The average Bonchev–Trinajstić information content (AvgIpc) is 3.21. The lowest BCUT2D eigenvalue weighted by molar-refractivity contribution is 0.0169. The summed E-state index contributed by atoms with van der Waals surface area (Å²) in [5, 5.41) is 25.1. The van der Waals surface area contributed by atoms with Crippen LogP contribution >= 0.6 is 0 Å². The van der Waals surface area contributed by atoms with Crippen LogP contribution in [-0.2, 0) is 6.61 Å². The van der Waals surface area contributed by atoms with Crippen molar-refractivity contribution in [2.24, 2.45) is 5.73 Å². The number of benzene rings is 1. The summed E-state index contributed by atoms with van der Waals surface area (Å²) in [7, 11) is 3.53. The SMILES string of the molecule is CN(C)C(O)C(N)c1cccc(-c2ccc3cnn(-c4cccc(CO)n4)c3c2)n1. The average molecular weight is 404 g/mol. The zero-order valence-electron chi connectivity index (χ0n) is 16.8. The summed E-state index contributed by atoms with van der Waals surface area (Å²) in [6.07, 6.45) is 0.945. The van der Waals surface area contributed by atoms with Gasteiger partial charge in [0.05, 0.1) is 41.4 Å². The van der Waals surface area contributed by atoms with Crippen LogP contribution in [0, 0.1) is 0 Å². The molecular weight excluding hydrogens is 380 g/mol. The van der Waals surface area contributed by atoms with E-state index in [2.05, 4.69) is 15.1 Å². The van der Waals surface area contributed by atoms with Gasteiger partial charge in [0.15, 0.2) is 5.82 Å². The minimum absolute atomic E-state index is 0.131. The Kier molecular flexibility index (Phi) is 5.56. The van der Waals surface area contributed by atoms with Gasteiger partial charge in [-0.25, -0.2) is 9.67 Å². The molecule has 4 rings (SSSR count). The van der Waals surface area contributed by atoms with Crippen LogP contribution in [0.5, 0.6) is 0 Å². The van der Waals surface area contributed by atoms with E-state index in [0.29, 0.717) is 17.2 Å². The Labute approximate surface area is 174 Å². The van der Waals surface area contributed by atoms with Gasteiger partial charge in [0.2, 0.25) is 0 Å². The number of aliphatic hydroxyl groups is 2. The molecule has 1 aromatic carbocycles. The normalized spacial score (nSPS) is 13.7. The molecule has 2 unspecified atom stereocenters. The van der Waals surface area contributed by atoms with Crippen LogP contribution in [0.4, 0.5) is 0 Å². The molecule has 3 heterocycles. The van der Waals surface area contributed by atoms with Crippen molar-refractivity contribution >= 4 is 10.9 Å². The molecule has 0 bridgehead atoms. The molecule has 2 atom stereocenters. The first-order valence-electron chi connectivity index (χ1n) is 9.60. The monoisotopic (exact) mass is 404 g/mol. The zero-order chi connectivity index (χ0) is 21.3. The topological polar surface area (TPSA) is 113 Å². The summed E-state index contributed by atoms with van der Waals surface area (Å²) in [5.41, 5.74) is 9.91. The largest absolute Gasteiger partial charge is 0.390 e. The Morgan fingerprint density at radius 1 is 1.07 bits per heavy atom. The summed E-state index contributed by atoms with van der Waals surface area (Å²) in [6, 6.07) is 16.4. The fourth-order valence-corrected chi connectivity index (χ4v) is 3.31. The number of likely N-dealkylation sites (N-methyl/N-ethyl adjacent to an activating group) is 1. The van der Waals surface area contributed by atoms with E-state index in [4.69, 9.17) is 5.73 Å². The Morgan fingerprint density at radius 2 is 1.87 bits per heavy atom. The molecule has 0 fully saturated rings. The second-order valence-corrected chi connectivity index (χ2v) is 7.33. The maximum atomic E-state index is 10.3. The summed E-state index contributed by atoms with van der Waals surface area (Å²) in [4.78, 5) is 10.8. The van der Waals surface area contributed by atoms with Gasteiger partial charge in [0.1, 0.15) is 6.23 Å². The number of pyridine rings is 2. The third kappa shape index (κ3) is 3.81. The number of nitrogens with zero attached hydrogens (tertiary/aromatic N) is 5. The van der Waals surface area contributed by atoms with Crippen molar-refractivity contribution < 1.29 is 10.2 Å². The van der Waals surface area contributed by atoms with E-state index in [9.17, 15) is 10.2 Å². The van der Waals surface area contributed by atoms with E-state index in [1.54, 1.807) is 35.9 Å². The van der Waals surface area contributed by atoms with Crippen molar-refractivity contribution in [1.29, 1.82) is 0 Å². The molecule has 8 heteroatoms. The standard InChI is InChI=1S/C22H24N6O2/c1-27(2)22(30)21(23)18-7-4-6-17(26-18)14-9-10-15-12-24-28(19(15)11-14)20-8-3-5-16(13-29)25-20/h3-12,21-22,29-30H,13,23H2,1-2H3. The molecule has 4 N–H and O–H groups in total. The second kappa shape index (κ2) is 8.29. The molecule has 0 saturated carbocycles. The van der Waals surface area contributed by atoms with E-state index in [1.807, 2.05) is 48.5 Å². The van der Waals surface area contributed by atoms with Crippen molar-refractivity contribution in [3.05, 3.63) is 72.2 Å². The van der Waals surface area contributed by atoms with Crippen molar-refractivity contribution in [1.82, 2.24) is 24.6 Å². The lowest BCUT2D eigenvalue weighted by atomic mass is 10.1. The molecule has 4 aromatic rings. The lowest BCUT2D eigenvalue weighted by Gasteiger charge is -2.24. The maximum absolute atomic E-state index is 10.3. The molecule has 0 radical (unpaired) electrons. The van der Waals surface area contributed by atoms with Crippen LogP contribution in [0.1, 0.15) is 17.4 Å². The van der Waals surface area contributed by atoms with Crippen LogP contribution in [-0.4, -0.2) is 55.2 Å². The van der Waals surface area contributed by atoms with Crippen LogP contribution in [0.15, 0.2) is 60.8 Å². The fourth-order valence-electron chi connectivity index (χ4n) is 3.31. The first-order valence-corrected chi connectivity index (χ1v) is 9.60. The summed E-state index contributed by atoms with van der Waals surface area (Å²) >= 11 is 0. The molecule has 154 valence electrons. The lowest BCUT2D eigenvalue weighted by Crippen LogP contribution is -2.38. The van der Waals surface area contributed by atoms with Crippen LogP contribution in [0.25, 0.3) is 28.0 Å². The molecule has 0 spiro atoms. The van der Waals surface area contributed by atoms with Crippen LogP contribution in [0.2, 0.25) is 0 Å². The van der Waals surface area contributed by atoms with Gasteiger partial charge in [-0.2, -0.15) is 5.10 Å². The van der Waals surface area contributed by atoms with Gasteiger partial charge in [-0.15, -0.1) is 0 Å². The maximum Gasteiger partial charge on any atom is 0.154 e. The highest BCUT2D eigenvalue weighted by Gasteiger charge is 2.20. The predicted octanol–water partition coefficient (Wildman–Crippen LogP) is 1.85. The van der Waals surface area contributed by atoms with Gasteiger partial charge < -0.3 is 15.9 Å². The van der Waals surface area contributed by atoms with Gasteiger partial charge in [0, 0.05) is 10.9 Å². The van der Waals surface area contributed by atoms with E-state index in [-0.39, 0.29) is 6.61 Å². The number of aliphatic hydroxyl groups excluding tert-OH is 2. The summed E-state index contributed by atoms with van der Waals surface area (Å²) in [5.74, 6) is 0.631. The first-order chi connectivity index (χ1) is 14.5. The molecule has 0 aliphatic carbocycles. The van der Waals surface area contributed by atoms with Crippen LogP contribution in [0.3, 0.4) is 0 Å². The highest BCUT2D eigenvalue weighted by Crippen LogP contribution is 2.26. The molecular formula is C22H24N6O2. The zero-order valence-corrected chi connectivity index (χ0v) is 16.8. The van der Waals surface area contributed by atoms with E-state index in [0.717, 1.165) is 22.2 Å². The highest BCUT2D eigenvalue weighted by atomic mass is 16.3. The van der Waals surface area contributed by atoms with Gasteiger partial charge in [-0.1, -0.05) is 24.3 Å². The number of fused-ring (bicyclic) bond motifs is 1. The molecule has 0 amide bonds. The third-order valence-electron chi connectivity index (χ3n) is 5.00. The smallest absolute Gasteiger partial charge is 0.154 e. The Bertz CT molecular complexity index is 1170. The highest BCUT2D eigenvalue weighted by molar-refractivity contribution is 5.84. The quantitative estimate of drug-likeness (QED) is 0.420. The summed E-state index contributed by atoms with van der Waals surface area (Å²) in [6.45, 7) is -0.131.